The number of benzene rings is 3. The highest BCUT2D eigenvalue weighted by atomic mass is 32.2. The molecule has 0 aromatic heterocycles. The van der Waals surface area contributed by atoms with Crippen molar-refractivity contribution in [2.24, 2.45) is 0 Å². The van der Waals surface area contributed by atoms with Crippen molar-refractivity contribution in [3.63, 3.8) is 0 Å². The first-order valence-electron chi connectivity index (χ1n) is 10.5. The van der Waals surface area contributed by atoms with Crippen molar-refractivity contribution in [2.75, 3.05) is 11.1 Å². The van der Waals surface area contributed by atoms with E-state index in [2.05, 4.69) is 24.4 Å². The van der Waals surface area contributed by atoms with Crippen LogP contribution in [0.4, 0.5) is 15.8 Å². The second-order valence-corrected chi connectivity index (χ2v) is 8.98. The standard InChI is InChI=1S/C26H23FN2O2S/c1-3-32-23-10-7-19(8-11-23)13-26(30)28-21-9-12-24(29-16-18(2)17-29)25(15-21)31-22-6-4-5-20(27)14-22/h4-12,14-17H,3,13H2,1-2H3/p+2. The molecule has 1 amide bonds. The van der Waals surface area contributed by atoms with Crippen molar-refractivity contribution in [3.8, 4) is 11.5 Å². The third-order valence-electron chi connectivity index (χ3n) is 4.87. The monoisotopic (exact) mass is 448 g/mol. The van der Waals surface area contributed by atoms with E-state index < -0.39 is 0 Å². The van der Waals surface area contributed by atoms with Gasteiger partial charge in [-0.15, -0.1) is 0 Å². The van der Waals surface area contributed by atoms with Gasteiger partial charge in [0.15, 0.2) is 17.3 Å². The second kappa shape index (κ2) is 9.83. The molecule has 3 aromatic carbocycles. The van der Waals surface area contributed by atoms with Gasteiger partial charge in [0.05, 0.1) is 12.0 Å². The number of hydrogen-bond donors (Lipinski definition) is 1. The highest BCUT2D eigenvalue weighted by molar-refractivity contribution is 7.78. The van der Waals surface area contributed by atoms with Crippen molar-refractivity contribution in [2.45, 2.75) is 25.2 Å². The van der Waals surface area contributed by atoms with Crippen LogP contribution in [0.3, 0.4) is 0 Å². The molecule has 3 aromatic rings. The molecular formula is C26H25FN2O2S+2. The smallest absolute Gasteiger partial charge is 0.253 e. The zero-order valence-corrected chi connectivity index (χ0v) is 18.9. The Morgan fingerprint density at radius 3 is 2.56 bits per heavy atom. The van der Waals surface area contributed by atoms with Crippen LogP contribution in [0.25, 0.3) is 0 Å². The predicted molar refractivity (Wildman–Crippen MR) is 129 cm³/mol. The Hall–Kier alpha value is -3.38. The van der Waals surface area contributed by atoms with E-state index in [1.807, 2.05) is 48.2 Å². The van der Waals surface area contributed by atoms with Gasteiger partial charge >= 0.3 is 0 Å². The second-order valence-electron chi connectivity index (χ2n) is 7.52. The molecule has 1 heterocycles. The summed E-state index contributed by atoms with van der Waals surface area (Å²) in [5.41, 5.74) is 3.53. The van der Waals surface area contributed by atoms with Gasteiger partial charge in [0.25, 0.3) is 5.69 Å². The van der Waals surface area contributed by atoms with Crippen LogP contribution in [0.15, 0.2) is 83.4 Å². The molecule has 162 valence electrons. The van der Waals surface area contributed by atoms with Gasteiger partial charge in [-0.05, 0) is 49.7 Å². The fourth-order valence-electron chi connectivity index (χ4n) is 3.40. The summed E-state index contributed by atoms with van der Waals surface area (Å²) >= 11 is 1.28. The number of nitrogens with one attached hydrogen (secondary N) is 1. The van der Waals surface area contributed by atoms with Crippen LogP contribution in [-0.2, 0) is 23.0 Å². The molecule has 0 unspecified atom stereocenters. The molecule has 1 aliphatic rings. The molecule has 0 atom stereocenters. The van der Waals surface area contributed by atoms with Crippen molar-refractivity contribution in [1.29, 1.82) is 0 Å². The number of ether oxygens (including phenoxy) is 1. The molecule has 0 spiro atoms. The summed E-state index contributed by atoms with van der Waals surface area (Å²) in [7, 11) is 0. The molecule has 4 rings (SSSR count). The minimum atomic E-state index is -0.371. The summed E-state index contributed by atoms with van der Waals surface area (Å²) in [6.07, 6.45) is 4.24. The van der Waals surface area contributed by atoms with E-state index in [1.165, 1.54) is 28.8 Å². The van der Waals surface area contributed by atoms with E-state index in [0.29, 0.717) is 17.2 Å². The lowest BCUT2D eigenvalue weighted by atomic mass is 10.1. The average Bonchev–Trinajstić information content (AvgIpc) is 2.74. The van der Waals surface area contributed by atoms with Gasteiger partial charge in [-0.2, -0.15) is 4.58 Å². The first-order chi connectivity index (χ1) is 15.5. The molecule has 6 heteroatoms. The maximum absolute atomic E-state index is 13.6. The van der Waals surface area contributed by atoms with E-state index in [0.717, 1.165) is 22.6 Å². The highest BCUT2D eigenvalue weighted by Crippen LogP contribution is 2.36. The molecule has 0 saturated heterocycles. The molecule has 0 fully saturated rings. The number of carbonyl (C=O) groups is 1. The van der Waals surface area contributed by atoms with E-state index in [-0.39, 0.29) is 18.1 Å². The Balaban J connectivity index is 1.51. The quantitative estimate of drug-likeness (QED) is 0.276. The fourth-order valence-corrected chi connectivity index (χ4v) is 4.13. The van der Waals surface area contributed by atoms with E-state index >= 15 is 0 Å². The SMILES string of the molecule is CC[SH+]c1ccc(CC(=O)Nc2ccc([N+]3=CC(C)=C3)c(Oc3cccc(F)c3)c2)cc1. The minimum Gasteiger partial charge on any atom is -0.450 e. The fraction of sp³-hybridized carbons (Fsp3) is 0.154. The van der Waals surface area contributed by atoms with Gasteiger partial charge in [0.2, 0.25) is 11.7 Å². The number of thiol groups is 1. The summed E-state index contributed by atoms with van der Waals surface area (Å²) < 4.78 is 21.5. The molecule has 0 saturated carbocycles. The molecule has 1 N–H and O–H groups in total. The summed E-state index contributed by atoms with van der Waals surface area (Å²) in [5, 5.41) is 2.94. The lowest BCUT2D eigenvalue weighted by Gasteiger charge is -2.13. The number of carbonyl (C=O) groups excluding carboxylic acids is 1. The predicted octanol–water partition coefficient (Wildman–Crippen LogP) is 5.63. The van der Waals surface area contributed by atoms with Crippen LogP contribution in [-0.4, -0.2) is 22.5 Å². The highest BCUT2D eigenvalue weighted by Gasteiger charge is 2.22. The summed E-state index contributed by atoms with van der Waals surface area (Å²) in [6.45, 7) is 4.14. The summed E-state index contributed by atoms with van der Waals surface area (Å²) in [6, 6.07) is 19.6. The first-order valence-corrected chi connectivity index (χ1v) is 11.5. The maximum Gasteiger partial charge on any atom is 0.253 e. The topological polar surface area (TPSA) is 41.3 Å². The van der Waals surface area contributed by atoms with Crippen molar-refractivity contribution in [3.05, 3.63) is 89.9 Å². The normalized spacial score (nSPS) is 12.5. The van der Waals surface area contributed by atoms with E-state index in [1.54, 1.807) is 18.2 Å². The van der Waals surface area contributed by atoms with Gasteiger partial charge in [-0.25, -0.2) is 4.39 Å². The zero-order chi connectivity index (χ0) is 22.5. The van der Waals surface area contributed by atoms with Gasteiger partial charge in [0, 0.05) is 35.6 Å². The molecule has 0 bridgehead atoms. The Kier molecular flexibility index (Phi) is 6.71. The van der Waals surface area contributed by atoms with Gasteiger partial charge in [-0.3, -0.25) is 4.79 Å². The van der Waals surface area contributed by atoms with Gasteiger partial charge in [0.1, 0.15) is 17.3 Å². The van der Waals surface area contributed by atoms with Crippen molar-refractivity contribution >= 4 is 35.3 Å². The van der Waals surface area contributed by atoms with Gasteiger partial charge < -0.3 is 10.1 Å². The van der Waals surface area contributed by atoms with E-state index in [9.17, 15) is 9.18 Å². The van der Waals surface area contributed by atoms with Crippen LogP contribution in [0.2, 0.25) is 0 Å². The zero-order valence-electron chi connectivity index (χ0n) is 18.0. The van der Waals surface area contributed by atoms with Crippen LogP contribution >= 0.6 is 0 Å². The van der Waals surface area contributed by atoms with Crippen LogP contribution in [0, 0.1) is 5.82 Å². The van der Waals surface area contributed by atoms with Crippen LogP contribution < -0.4 is 10.1 Å². The van der Waals surface area contributed by atoms with Gasteiger partial charge in [-0.1, -0.05) is 18.2 Å². The Morgan fingerprint density at radius 1 is 1.09 bits per heavy atom. The van der Waals surface area contributed by atoms with Crippen molar-refractivity contribution < 1.29 is 18.5 Å². The number of allylic oxidation sites excluding steroid dienone is 1. The average molecular weight is 449 g/mol. The van der Waals surface area contributed by atoms with Crippen molar-refractivity contribution in [1.82, 2.24) is 0 Å². The number of amides is 1. The lowest BCUT2D eigenvalue weighted by Crippen LogP contribution is -2.15. The maximum atomic E-state index is 13.6. The Morgan fingerprint density at radius 2 is 1.88 bits per heavy atom. The number of nitrogens with zero attached hydrogens (tertiary/aromatic N) is 1. The first kappa shape index (κ1) is 21.8. The molecule has 0 aliphatic carbocycles. The summed E-state index contributed by atoms with van der Waals surface area (Å²) in [5.74, 6) is 1.50. The number of rotatable bonds is 8. The van der Waals surface area contributed by atoms with E-state index in [4.69, 9.17) is 4.74 Å². The third-order valence-corrected chi connectivity index (χ3v) is 5.85. The molecule has 4 nitrogen and oxygen atoms in total. The molecule has 1 aliphatic heterocycles. The van der Waals surface area contributed by atoms with Crippen LogP contribution in [0.5, 0.6) is 11.5 Å². The summed E-state index contributed by atoms with van der Waals surface area (Å²) in [4.78, 5) is 13.9. The largest absolute Gasteiger partial charge is 0.450 e. The number of halogens is 1. The number of hydrogen-bond acceptors (Lipinski definition) is 2. The lowest BCUT2D eigenvalue weighted by molar-refractivity contribution is -0.368. The molecule has 32 heavy (non-hydrogen) atoms. The molecule has 0 radical (unpaired) electrons. The minimum absolute atomic E-state index is 0.110. The Bertz CT molecular complexity index is 1200. The Labute approximate surface area is 191 Å². The number of anilines is 1. The third kappa shape index (κ3) is 5.45. The van der Waals surface area contributed by atoms with Crippen LogP contribution in [0.1, 0.15) is 19.4 Å². The molecular weight excluding hydrogens is 423 g/mol.